The van der Waals surface area contributed by atoms with Crippen molar-refractivity contribution in [3.05, 3.63) is 34.6 Å². The number of nitrogens with two attached hydrogens (primary N) is 1. The molecule has 0 amide bonds. The van der Waals surface area contributed by atoms with Gasteiger partial charge in [0.1, 0.15) is 5.82 Å². The molecule has 20 heavy (non-hydrogen) atoms. The van der Waals surface area contributed by atoms with Crippen LogP contribution in [0.5, 0.6) is 0 Å². The summed E-state index contributed by atoms with van der Waals surface area (Å²) in [6, 6.07) is 4.70. The van der Waals surface area contributed by atoms with E-state index in [1.807, 2.05) is 0 Å². The fourth-order valence-corrected chi connectivity index (χ4v) is 3.56. The molecule has 0 aliphatic heterocycles. The van der Waals surface area contributed by atoms with Crippen LogP contribution in [-0.2, 0) is 6.42 Å². The topological polar surface area (TPSA) is 38.0 Å². The Balaban J connectivity index is 2.06. The number of hydrogen-bond acceptors (Lipinski definition) is 2. The Kier molecular flexibility index (Phi) is 5.82. The Morgan fingerprint density at radius 3 is 2.95 bits per heavy atom. The molecular weight excluding hydrogens is 275 g/mol. The lowest BCUT2D eigenvalue weighted by Crippen LogP contribution is -2.44. The summed E-state index contributed by atoms with van der Waals surface area (Å²) in [5.41, 5.74) is 3.77. The first kappa shape index (κ1) is 15.7. The summed E-state index contributed by atoms with van der Waals surface area (Å²) in [5, 5.41) is 0.620. The van der Waals surface area contributed by atoms with Crippen LogP contribution in [0.25, 0.3) is 0 Å². The van der Waals surface area contributed by atoms with E-state index in [0.717, 1.165) is 11.5 Å². The monoisotopic (exact) mass is 298 g/mol. The molecule has 3 N–H and O–H groups in total. The Hall–Kier alpha value is -0.640. The smallest absolute Gasteiger partial charge is 0.123 e. The maximum atomic E-state index is 13.4. The molecule has 3 atom stereocenters. The summed E-state index contributed by atoms with van der Waals surface area (Å²) < 4.78 is 13.4. The quantitative estimate of drug-likeness (QED) is 0.635. The van der Waals surface area contributed by atoms with E-state index in [-0.39, 0.29) is 11.9 Å². The number of halogens is 2. The molecule has 4 heteroatoms. The highest BCUT2D eigenvalue weighted by Gasteiger charge is 2.27. The molecule has 0 spiro atoms. The zero-order chi connectivity index (χ0) is 14.5. The Bertz CT molecular complexity index is 438. The molecule has 0 saturated heterocycles. The molecule has 0 radical (unpaired) electrons. The maximum absolute atomic E-state index is 13.4. The van der Waals surface area contributed by atoms with E-state index < -0.39 is 0 Å². The van der Waals surface area contributed by atoms with Crippen molar-refractivity contribution in [2.45, 2.75) is 51.5 Å². The fourth-order valence-electron chi connectivity index (χ4n) is 3.37. The average Bonchev–Trinajstić information content (AvgIpc) is 2.48. The van der Waals surface area contributed by atoms with E-state index >= 15 is 0 Å². The lowest BCUT2D eigenvalue weighted by atomic mass is 9.75. The van der Waals surface area contributed by atoms with Crippen molar-refractivity contribution in [1.82, 2.24) is 5.43 Å². The highest BCUT2D eigenvalue weighted by molar-refractivity contribution is 6.31. The lowest BCUT2D eigenvalue weighted by Gasteiger charge is -2.34. The number of benzene rings is 1. The van der Waals surface area contributed by atoms with Gasteiger partial charge in [0.2, 0.25) is 0 Å². The minimum atomic E-state index is -0.241. The van der Waals surface area contributed by atoms with Crippen molar-refractivity contribution in [2.75, 3.05) is 0 Å². The zero-order valence-corrected chi connectivity index (χ0v) is 12.8. The zero-order valence-electron chi connectivity index (χ0n) is 12.0. The summed E-state index contributed by atoms with van der Waals surface area (Å²) in [4.78, 5) is 0. The van der Waals surface area contributed by atoms with E-state index in [4.69, 9.17) is 17.4 Å². The molecule has 1 aliphatic rings. The second-order valence-electron chi connectivity index (χ2n) is 5.91. The number of rotatable bonds is 5. The summed E-state index contributed by atoms with van der Waals surface area (Å²) in [6.45, 7) is 2.25. The standard InChI is InChI=1S/C16H24ClFN2/c1-2-11-4-3-5-12(8-11)16(20-19)10-13-9-14(18)6-7-15(13)17/h6-7,9,11-12,16,20H,2-5,8,10,19H2,1H3. The molecule has 1 fully saturated rings. The van der Waals surface area contributed by atoms with Crippen LogP contribution in [0.3, 0.4) is 0 Å². The second kappa shape index (κ2) is 7.39. The van der Waals surface area contributed by atoms with Gasteiger partial charge in [0.05, 0.1) is 0 Å². The third-order valence-corrected chi connectivity index (χ3v) is 5.00. The minimum Gasteiger partial charge on any atom is -0.271 e. The summed E-state index contributed by atoms with van der Waals surface area (Å²) >= 11 is 6.16. The van der Waals surface area contributed by atoms with Gasteiger partial charge in [-0.2, -0.15) is 0 Å². The molecule has 1 aliphatic carbocycles. The first-order valence-electron chi connectivity index (χ1n) is 7.54. The second-order valence-corrected chi connectivity index (χ2v) is 6.32. The van der Waals surface area contributed by atoms with Gasteiger partial charge in [-0.05, 0) is 54.9 Å². The van der Waals surface area contributed by atoms with Crippen LogP contribution in [-0.4, -0.2) is 6.04 Å². The summed E-state index contributed by atoms with van der Waals surface area (Å²) in [6.07, 6.45) is 6.91. The maximum Gasteiger partial charge on any atom is 0.123 e. The summed E-state index contributed by atoms with van der Waals surface area (Å²) in [5.74, 6) is 6.85. The SMILES string of the molecule is CCC1CCCC(C(Cc2cc(F)ccc2Cl)NN)C1. The molecule has 1 aromatic carbocycles. The van der Waals surface area contributed by atoms with Crippen molar-refractivity contribution in [2.24, 2.45) is 17.7 Å². The van der Waals surface area contributed by atoms with Crippen LogP contribution < -0.4 is 11.3 Å². The highest BCUT2D eigenvalue weighted by atomic mass is 35.5. The molecule has 1 aromatic rings. The third-order valence-electron chi connectivity index (χ3n) is 4.63. The molecular formula is C16H24ClFN2. The van der Waals surface area contributed by atoms with Gasteiger partial charge in [-0.1, -0.05) is 37.8 Å². The van der Waals surface area contributed by atoms with E-state index in [1.165, 1.54) is 44.2 Å². The molecule has 0 bridgehead atoms. The fraction of sp³-hybridized carbons (Fsp3) is 0.625. The van der Waals surface area contributed by atoms with Gasteiger partial charge in [0, 0.05) is 11.1 Å². The van der Waals surface area contributed by atoms with Crippen molar-refractivity contribution in [3.8, 4) is 0 Å². The van der Waals surface area contributed by atoms with Crippen molar-refractivity contribution >= 4 is 11.6 Å². The van der Waals surface area contributed by atoms with Crippen LogP contribution >= 0.6 is 11.6 Å². The predicted molar refractivity (Wildman–Crippen MR) is 82.0 cm³/mol. The molecule has 1 saturated carbocycles. The minimum absolute atomic E-state index is 0.170. The van der Waals surface area contributed by atoms with Crippen LogP contribution in [0.2, 0.25) is 5.02 Å². The molecule has 2 rings (SSSR count). The predicted octanol–water partition coefficient (Wildman–Crippen LogP) is 4.07. The Morgan fingerprint density at radius 2 is 2.25 bits per heavy atom. The van der Waals surface area contributed by atoms with E-state index in [1.54, 1.807) is 6.07 Å². The van der Waals surface area contributed by atoms with Gasteiger partial charge in [-0.15, -0.1) is 0 Å². The van der Waals surface area contributed by atoms with Gasteiger partial charge in [0.15, 0.2) is 0 Å². The van der Waals surface area contributed by atoms with Crippen LogP contribution in [0.1, 0.15) is 44.6 Å². The summed E-state index contributed by atoms with van der Waals surface area (Å²) in [7, 11) is 0. The van der Waals surface area contributed by atoms with Crippen molar-refractivity contribution in [3.63, 3.8) is 0 Å². The van der Waals surface area contributed by atoms with Crippen molar-refractivity contribution in [1.29, 1.82) is 0 Å². The highest BCUT2D eigenvalue weighted by Crippen LogP contribution is 2.34. The number of hydrogen-bond donors (Lipinski definition) is 2. The van der Waals surface area contributed by atoms with E-state index in [2.05, 4.69) is 12.3 Å². The normalized spacial score (nSPS) is 24.6. The Labute approximate surface area is 125 Å². The van der Waals surface area contributed by atoms with Crippen LogP contribution in [0.4, 0.5) is 4.39 Å². The molecule has 3 unspecified atom stereocenters. The van der Waals surface area contributed by atoms with Gasteiger partial charge in [-0.25, -0.2) is 4.39 Å². The van der Waals surface area contributed by atoms with Crippen LogP contribution in [0.15, 0.2) is 18.2 Å². The van der Waals surface area contributed by atoms with Crippen LogP contribution in [0, 0.1) is 17.7 Å². The lowest BCUT2D eigenvalue weighted by molar-refractivity contribution is 0.208. The first-order chi connectivity index (χ1) is 9.63. The molecule has 112 valence electrons. The molecule has 2 nitrogen and oxygen atoms in total. The van der Waals surface area contributed by atoms with Gasteiger partial charge in [-0.3, -0.25) is 11.3 Å². The van der Waals surface area contributed by atoms with Gasteiger partial charge >= 0.3 is 0 Å². The van der Waals surface area contributed by atoms with E-state index in [0.29, 0.717) is 17.4 Å². The number of nitrogens with one attached hydrogen (secondary N) is 1. The number of hydrazine groups is 1. The first-order valence-corrected chi connectivity index (χ1v) is 7.91. The van der Waals surface area contributed by atoms with E-state index in [9.17, 15) is 4.39 Å². The third kappa shape index (κ3) is 3.94. The molecule has 0 heterocycles. The van der Waals surface area contributed by atoms with Gasteiger partial charge in [0.25, 0.3) is 0 Å². The largest absolute Gasteiger partial charge is 0.271 e. The molecule has 0 aromatic heterocycles. The Morgan fingerprint density at radius 1 is 1.45 bits per heavy atom. The van der Waals surface area contributed by atoms with Gasteiger partial charge < -0.3 is 0 Å². The van der Waals surface area contributed by atoms with Crippen molar-refractivity contribution < 1.29 is 4.39 Å². The average molecular weight is 299 g/mol.